The summed E-state index contributed by atoms with van der Waals surface area (Å²) in [5, 5.41) is 8.96. The molecule has 0 unspecified atom stereocenters. The first-order valence-corrected chi connectivity index (χ1v) is 15.1. The number of hydrogen-bond donors (Lipinski definition) is 5. The Morgan fingerprint density at radius 1 is 1.13 bits per heavy atom. The number of amides is 4. The molecule has 1 aliphatic heterocycles. The molecule has 0 spiro atoms. The number of rotatable bonds is 11. The molecule has 0 aliphatic carbocycles. The fourth-order valence-corrected chi connectivity index (χ4v) is 5.10. The zero-order valence-electron chi connectivity index (χ0n) is 26.8. The molecule has 3 rings (SSSR count). The lowest BCUT2D eigenvalue weighted by Gasteiger charge is -2.31. The lowest BCUT2D eigenvalue weighted by Crippen LogP contribution is -2.57. The van der Waals surface area contributed by atoms with Crippen LogP contribution in [0.2, 0.25) is 0 Å². The Kier molecular flexibility index (Phi) is 11.5. The van der Waals surface area contributed by atoms with Crippen LogP contribution in [-0.2, 0) is 19.1 Å². The number of anilines is 1. The molecule has 1 aliphatic rings. The maximum atomic E-state index is 13.6. The number of aryl methyl sites for hydroxylation is 1. The van der Waals surface area contributed by atoms with Crippen molar-refractivity contribution in [1.82, 2.24) is 15.5 Å². The van der Waals surface area contributed by atoms with Gasteiger partial charge in [-0.05, 0) is 77.0 Å². The number of nitrogens with two attached hydrogens (primary N) is 2. The highest BCUT2D eigenvalue weighted by Gasteiger charge is 2.40. The van der Waals surface area contributed by atoms with Crippen molar-refractivity contribution < 1.29 is 28.3 Å². The van der Waals surface area contributed by atoms with E-state index in [9.17, 15) is 24.0 Å². The number of benzene rings is 1. The van der Waals surface area contributed by atoms with Crippen molar-refractivity contribution in [2.24, 2.45) is 22.4 Å². The number of hydrogen-bond acceptors (Lipinski definition) is 8. The van der Waals surface area contributed by atoms with E-state index < -0.39 is 53.2 Å². The quantitative estimate of drug-likeness (QED) is 0.107. The molecule has 7 N–H and O–H groups in total. The van der Waals surface area contributed by atoms with Crippen LogP contribution in [0.1, 0.15) is 65.9 Å². The molecule has 246 valence electrons. The first-order chi connectivity index (χ1) is 21.1. The van der Waals surface area contributed by atoms with E-state index in [0.29, 0.717) is 37.1 Å². The standard InChI is InChI=1S/C31H45N7O7/c1-17(2)25(37-30(43)45-31(4,5)6)28(42)38-14-8-10-22(38)27(41)36-21(9-7-13-34-29(32)33)26(40)35-19-11-12-20-18(3)15-24(39)44-23(20)16-19/h11-12,15-17,21-22,25H,7-10,13-14H2,1-6H3,(H,35,40)(H,36,41)(H,37,43)(H4,32,33,34)/t21-,22-,25+/m0/s1. The van der Waals surface area contributed by atoms with E-state index in [2.05, 4.69) is 20.9 Å². The van der Waals surface area contributed by atoms with Gasteiger partial charge in [-0.25, -0.2) is 9.59 Å². The summed E-state index contributed by atoms with van der Waals surface area (Å²) in [7, 11) is 0. The number of aliphatic imine (C=N–C) groups is 1. The molecule has 1 aromatic heterocycles. The normalized spacial score (nSPS) is 16.2. The topological polar surface area (TPSA) is 211 Å². The van der Waals surface area contributed by atoms with Crippen molar-refractivity contribution in [2.75, 3.05) is 18.4 Å². The van der Waals surface area contributed by atoms with Gasteiger partial charge in [-0.3, -0.25) is 19.4 Å². The molecule has 0 bridgehead atoms. The Hall–Kier alpha value is -4.62. The van der Waals surface area contributed by atoms with Crippen molar-refractivity contribution in [2.45, 2.75) is 91.0 Å². The number of alkyl carbamates (subject to hydrolysis) is 1. The summed E-state index contributed by atoms with van der Waals surface area (Å²) in [4.78, 5) is 70.4. The second-order valence-electron chi connectivity index (χ2n) is 12.5. The Labute approximate surface area is 262 Å². The SMILES string of the molecule is Cc1cc(=O)oc2cc(NC(=O)[C@H](CCCN=C(N)N)NC(=O)[C@@H]3CCCN3C(=O)[C@H](NC(=O)OC(C)(C)C)C(C)C)ccc12. The monoisotopic (exact) mass is 627 g/mol. The van der Waals surface area contributed by atoms with E-state index >= 15 is 0 Å². The third-order valence-electron chi connectivity index (χ3n) is 7.24. The Balaban J connectivity index is 1.77. The van der Waals surface area contributed by atoms with Crippen LogP contribution in [0, 0.1) is 12.8 Å². The van der Waals surface area contributed by atoms with Gasteiger partial charge in [0.1, 0.15) is 29.3 Å². The van der Waals surface area contributed by atoms with Crippen LogP contribution in [0.4, 0.5) is 10.5 Å². The second-order valence-corrected chi connectivity index (χ2v) is 12.5. The van der Waals surface area contributed by atoms with E-state index in [-0.39, 0.29) is 24.8 Å². The third-order valence-corrected chi connectivity index (χ3v) is 7.24. The van der Waals surface area contributed by atoms with Crippen LogP contribution in [0.15, 0.2) is 38.5 Å². The molecule has 45 heavy (non-hydrogen) atoms. The van der Waals surface area contributed by atoms with Crippen molar-refractivity contribution in [3.05, 3.63) is 40.2 Å². The van der Waals surface area contributed by atoms with Crippen molar-refractivity contribution in [3.63, 3.8) is 0 Å². The Morgan fingerprint density at radius 3 is 2.49 bits per heavy atom. The summed E-state index contributed by atoms with van der Waals surface area (Å²) in [5.74, 6) is -1.78. The summed E-state index contributed by atoms with van der Waals surface area (Å²) < 4.78 is 10.6. The zero-order chi connectivity index (χ0) is 33.5. The second kappa shape index (κ2) is 14.9. The number of guanidine groups is 1. The predicted octanol–water partition coefficient (Wildman–Crippen LogP) is 2.12. The van der Waals surface area contributed by atoms with Crippen LogP contribution < -0.4 is 33.0 Å². The van der Waals surface area contributed by atoms with Gasteiger partial charge < -0.3 is 41.5 Å². The summed E-state index contributed by atoms with van der Waals surface area (Å²) in [6.45, 7) is 11.1. The molecule has 14 nitrogen and oxygen atoms in total. The van der Waals surface area contributed by atoms with E-state index in [1.54, 1.807) is 59.7 Å². The van der Waals surface area contributed by atoms with Gasteiger partial charge in [-0.1, -0.05) is 13.8 Å². The zero-order valence-corrected chi connectivity index (χ0v) is 26.8. The molecule has 0 saturated carbocycles. The van der Waals surface area contributed by atoms with E-state index in [1.807, 2.05) is 0 Å². The number of nitrogens with one attached hydrogen (secondary N) is 3. The fraction of sp³-hybridized carbons (Fsp3) is 0.548. The molecule has 4 amide bonds. The largest absolute Gasteiger partial charge is 0.444 e. The van der Waals surface area contributed by atoms with Crippen LogP contribution in [0.3, 0.4) is 0 Å². The summed E-state index contributed by atoms with van der Waals surface area (Å²) in [5.41, 5.74) is 11.0. The minimum Gasteiger partial charge on any atom is -0.444 e. The summed E-state index contributed by atoms with van der Waals surface area (Å²) in [6, 6.07) is 3.58. The average molecular weight is 628 g/mol. The third kappa shape index (κ3) is 9.95. The van der Waals surface area contributed by atoms with Crippen LogP contribution in [0.5, 0.6) is 0 Å². The van der Waals surface area contributed by atoms with E-state index in [4.69, 9.17) is 20.6 Å². The molecule has 0 radical (unpaired) electrons. The predicted molar refractivity (Wildman–Crippen MR) is 170 cm³/mol. The van der Waals surface area contributed by atoms with E-state index in [0.717, 1.165) is 10.9 Å². The number of carbonyl (C=O) groups excluding carboxylic acids is 4. The Bertz CT molecular complexity index is 1490. The minimum atomic E-state index is -0.995. The number of fused-ring (bicyclic) bond motifs is 1. The number of carbonyl (C=O) groups is 4. The lowest BCUT2D eigenvalue weighted by molar-refractivity contribution is -0.141. The van der Waals surface area contributed by atoms with Gasteiger partial charge in [0.15, 0.2) is 5.96 Å². The van der Waals surface area contributed by atoms with Gasteiger partial charge in [0.05, 0.1) is 0 Å². The highest BCUT2D eigenvalue weighted by atomic mass is 16.6. The number of nitrogens with zero attached hydrogens (tertiary/aromatic N) is 2. The van der Waals surface area contributed by atoms with Crippen LogP contribution in [0.25, 0.3) is 11.0 Å². The minimum absolute atomic E-state index is 0.0900. The molecule has 1 saturated heterocycles. The molecule has 14 heteroatoms. The van der Waals surface area contributed by atoms with Gasteiger partial charge in [-0.15, -0.1) is 0 Å². The van der Waals surface area contributed by atoms with Crippen LogP contribution >= 0.6 is 0 Å². The van der Waals surface area contributed by atoms with Gasteiger partial charge in [0.25, 0.3) is 0 Å². The highest BCUT2D eigenvalue weighted by molar-refractivity contribution is 6.00. The van der Waals surface area contributed by atoms with Crippen molar-refractivity contribution >= 4 is 46.4 Å². The number of likely N-dealkylation sites (tertiary alicyclic amines) is 1. The smallest absolute Gasteiger partial charge is 0.408 e. The number of ether oxygens (including phenoxy) is 1. The van der Waals surface area contributed by atoms with E-state index in [1.165, 1.54) is 11.0 Å². The summed E-state index contributed by atoms with van der Waals surface area (Å²) in [6.07, 6.45) is 0.816. The molecule has 2 aromatic rings. The van der Waals surface area contributed by atoms with Crippen LogP contribution in [-0.4, -0.2) is 71.5 Å². The lowest BCUT2D eigenvalue weighted by atomic mass is 10.0. The maximum Gasteiger partial charge on any atom is 0.408 e. The molecular weight excluding hydrogens is 582 g/mol. The van der Waals surface area contributed by atoms with Gasteiger partial charge in [0, 0.05) is 36.3 Å². The molecule has 2 heterocycles. The van der Waals surface area contributed by atoms with Gasteiger partial charge in [0.2, 0.25) is 17.7 Å². The fourth-order valence-electron chi connectivity index (χ4n) is 5.10. The van der Waals surface area contributed by atoms with Crippen molar-refractivity contribution in [1.29, 1.82) is 0 Å². The first kappa shape index (κ1) is 34.9. The average Bonchev–Trinajstić information content (AvgIpc) is 3.41. The summed E-state index contributed by atoms with van der Waals surface area (Å²) >= 11 is 0. The molecule has 1 aromatic carbocycles. The maximum absolute atomic E-state index is 13.6. The van der Waals surface area contributed by atoms with Gasteiger partial charge >= 0.3 is 11.7 Å². The Morgan fingerprint density at radius 2 is 1.84 bits per heavy atom. The van der Waals surface area contributed by atoms with Gasteiger partial charge in [-0.2, -0.15) is 0 Å². The first-order valence-electron chi connectivity index (χ1n) is 15.1. The highest BCUT2D eigenvalue weighted by Crippen LogP contribution is 2.23. The van der Waals surface area contributed by atoms with Crippen molar-refractivity contribution in [3.8, 4) is 0 Å². The molecule has 3 atom stereocenters. The molecular formula is C31H45N7O7. The molecule has 1 fully saturated rings.